The van der Waals surface area contributed by atoms with Crippen molar-refractivity contribution in [1.82, 2.24) is 4.90 Å². The monoisotopic (exact) mass is 241 g/mol. The Labute approximate surface area is 96.4 Å². The number of carbonyl (C=O) groups excluding carboxylic acids is 2. The van der Waals surface area contributed by atoms with Crippen molar-refractivity contribution in [3.05, 3.63) is 34.9 Å². The van der Waals surface area contributed by atoms with Gasteiger partial charge in [0.05, 0.1) is 6.54 Å². The number of thioether (sulfide) groups is 1. The lowest BCUT2D eigenvalue weighted by molar-refractivity contribution is -0.110. The largest absolute Gasteiger partial charge is 0.321 e. The zero-order valence-electron chi connectivity index (χ0n) is 7.77. The van der Waals surface area contributed by atoms with E-state index in [0.29, 0.717) is 11.6 Å². The van der Waals surface area contributed by atoms with E-state index in [4.69, 9.17) is 11.6 Å². The van der Waals surface area contributed by atoms with E-state index in [1.165, 1.54) is 4.90 Å². The summed E-state index contributed by atoms with van der Waals surface area (Å²) in [5, 5.41) is 0.361. The summed E-state index contributed by atoms with van der Waals surface area (Å²) < 4.78 is 0. The first-order valence-corrected chi connectivity index (χ1v) is 5.58. The summed E-state index contributed by atoms with van der Waals surface area (Å²) in [4.78, 5) is 23.8. The molecule has 1 amide bonds. The maximum Gasteiger partial charge on any atom is 0.290 e. The highest BCUT2D eigenvalue weighted by Gasteiger charge is 2.28. The minimum atomic E-state index is -0.181. The molecule has 1 saturated heterocycles. The predicted molar refractivity (Wildman–Crippen MR) is 59.9 cm³/mol. The molecule has 3 nitrogen and oxygen atoms in total. The van der Waals surface area contributed by atoms with Crippen molar-refractivity contribution in [2.45, 2.75) is 6.54 Å². The van der Waals surface area contributed by atoms with Crippen LogP contribution in [-0.2, 0) is 11.3 Å². The molecule has 1 aromatic carbocycles. The number of amides is 1. The minimum Gasteiger partial charge on any atom is -0.321 e. The molecule has 15 heavy (non-hydrogen) atoms. The van der Waals surface area contributed by atoms with E-state index in [1.54, 1.807) is 12.1 Å². The summed E-state index contributed by atoms with van der Waals surface area (Å²) in [6.07, 6.45) is 0. The van der Waals surface area contributed by atoms with Gasteiger partial charge in [-0.1, -0.05) is 23.7 Å². The van der Waals surface area contributed by atoms with Crippen LogP contribution in [-0.4, -0.2) is 21.8 Å². The van der Waals surface area contributed by atoms with Crippen LogP contribution in [0.25, 0.3) is 0 Å². The minimum absolute atomic E-state index is 0.0953. The van der Waals surface area contributed by atoms with Gasteiger partial charge in [0, 0.05) is 23.3 Å². The van der Waals surface area contributed by atoms with E-state index in [2.05, 4.69) is 0 Å². The van der Waals surface area contributed by atoms with E-state index in [1.807, 2.05) is 12.1 Å². The summed E-state index contributed by atoms with van der Waals surface area (Å²) in [5.41, 5.74) is 0.936. The number of nitrogens with zero attached hydrogens (tertiary/aromatic N) is 1. The lowest BCUT2D eigenvalue weighted by Crippen LogP contribution is -2.23. The number of benzene rings is 1. The zero-order chi connectivity index (χ0) is 10.8. The van der Waals surface area contributed by atoms with Gasteiger partial charge in [-0.3, -0.25) is 9.59 Å². The first-order chi connectivity index (χ1) is 7.15. The quantitative estimate of drug-likeness (QED) is 0.799. The fourth-order valence-corrected chi connectivity index (χ4v) is 2.28. The lowest BCUT2D eigenvalue weighted by Gasteiger charge is -2.13. The molecule has 1 heterocycles. The molecule has 0 atom stereocenters. The summed E-state index contributed by atoms with van der Waals surface area (Å²) >= 11 is 6.59. The third-order valence-electron chi connectivity index (χ3n) is 2.04. The van der Waals surface area contributed by atoms with Crippen molar-refractivity contribution >= 4 is 33.7 Å². The van der Waals surface area contributed by atoms with Gasteiger partial charge in [-0.2, -0.15) is 0 Å². The van der Waals surface area contributed by atoms with Gasteiger partial charge in [-0.15, -0.1) is 0 Å². The molecule has 1 aliphatic heterocycles. The van der Waals surface area contributed by atoms with Crippen molar-refractivity contribution in [2.75, 3.05) is 6.54 Å². The third kappa shape index (κ3) is 2.52. The van der Waals surface area contributed by atoms with Gasteiger partial charge in [-0.05, 0) is 17.7 Å². The van der Waals surface area contributed by atoms with Gasteiger partial charge in [-0.25, -0.2) is 0 Å². The SMILES string of the molecule is O=C1CN(Cc2cccc(Cl)c2)C(=O)S1. The van der Waals surface area contributed by atoms with Crippen molar-refractivity contribution < 1.29 is 9.59 Å². The Balaban J connectivity index is 2.09. The summed E-state index contributed by atoms with van der Waals surface area (Å²) in [5.74, 6) is 0. The average molecular weight is 242 g/mol. The van der Waals surface area contributed by atoms with Crippen LogP contribution in [0.2, 0.25) is 5.02 Å². The molecular weight excluding hydrogens is 234 g/mol. The van der Waals surface area contributed by atoms with Crippen LogP contribution < -0.4 is 0 Å². The van der Waals surface area contributed by atoms with Crippen LogP contribution in [0, 0.1) is 0 Å². The average Bonchev–Trinajstić information content (AvgIpc) is 2.45. The Kier molecular flexibility index (Phi) is 2.98. The second-order valence-electron chi connectivity index (χ2n) is 3.23. The van der Waals surface area contributed by atoms with Gasteiger partial charge in [0.2, 0.25) is 5.12 Å². The second kappa shape index (κ2) is 4.24. The van der Waals surface area contributed by atoms with Gasteiger partial charge in [0.15, 0.2) is 0 Å². The summed E-state index contributed by atoms with van der Waals surface area (Å²) in [6.45, 7) is 0.633. The Morgan fingerprint density at radius 3 is 2.80 bits per heavy atom. The highest BCUT2D eigenvalue weighted by molar-refractivity contribution is 8.26. The third-order valence-corrected chi connectivity index (χ3v) is 3.07. The Bertz CT molecular complexity index is 422. The highest BCUT2D eigenvalue weighted by atomic mass is 35.5. The molecule has 0 spiro atoms. The van der Waals surface area contributed by atoms with Crippen molar-refractivity contribution in [3.63, 3.8) is 0 Å². The molecule has 1 aromatic rings. The van der Waals surface area contributed by atoms with Crippen LogP contribution in [0.5, 0.6) is 0 Å². The molecule has 5 heteroatoms. The van der Waals surface area contributed by atoms with E-state index < -0.39 is 0 Å². The molecule has 1 fully saturated rings. The van der Waals surface area contributed by atoms with Crippen LogP contribution in [0.15, 0.2) is 24.3 Å². The number of carbonyl (C=O) groups is 2. The van der Waals surface area contributed by atoms with E-state index >= 15 is 0 Å². The van der Waals surface area contributed by atoms with E-state index in [0.717, 1.165) is 17.3 Å². The maximum absolute atomic E-state index is 11.3. The lowest BCUT2D eigenvalue weighted by atomic mass is 10.2. The Morgan fingerprint density at radius 2 is 2.20 bits per heavy atom. The van der Waals surface area contributed by atoms with E-state index in [9.17, 15) is 9.59 Å². The smallest absolute Gasteiger partial charge is 0.290 e. The molecule has 0 N–H and O–H groups in total. The number of hydrogen-bond donors (Lipinski definition) is 0. The molecule has 0 radical (unpaired) electrons. The Hall–Kier alpha value is -1.000. The normalized spacial score (nSPS) is 16.2. The van der Waals surface area contributed by atoms with Gasteiger partial charge < -0.3 is 4.90 Å². The predicted octanol–water partition coefficient (Wildman–Crippen LogP) is 2.54. The first kappa shape index (κ1) is 10.5. The summed E-state index contributed by atoms with van der Waals surface area (Å²) in [7, 11) is 0. The standard InChI is InChI=1S/C10H8ClNO2S/c11-8-3-1-2-7(4-8)5-12-6-9(13)15-10(12)14/h1-4H,5-6H2. The first-order valence-electron chi connectivity index (χ1n) is 4.39. The molecule has 0 bridgehead atoms. The molecule has 0 aromatic heterocycles. The van der Waals surface area contributed by atoms with Crippen LogP contribution in [0.4, 0.5) is 4.79 Å². The summed E-state index contributed by atoms with van der Waals surface area (Å²) in [6, 6.07) is 7.28. The van der Waals surface area contributed by atoms with Crippen molar-refractivity contribution in [3.8, 4) is 0 Å². The molecule has 0 unspecified atom stereocenters. The van der Waals surface area contributed by atoms with Crippen molar-refractivity contribution in [2.24, 2.45) is 0 Å². The van der Waals surface area contributed by atoms with Gasteiger partial charge in [0.1, 0.15) is 0 Å². The molecular formula is C10H8ClNO2S. The molecule has 0 saturated carbocycles. The van der Waals surface area contributed by atoms with Crippen molar-refractivity contribution in [1.29, 1.82) is 0 Å². The topological polar surface area (TPSA) is 37.4 Å². The molecule has 78 valence electrons. The zero-order valence-corrected chi connectivity index (χ0v) is 9.35. The second-order valence-corrected chi connectivity index (χ2v) is 4.67. The van der Waals surface area contributed by atoms with Crippen LogP contribution in [0.3, 0.4) is 0 Å². The number of hydrogen-bond acceptors (Lipinski definition) is 3. The van der Waals surface area contributed by atoms with Crippen LogP contribution in [0.1, 0.15) is 5.56 Å². The molecule has 2 rings (SSSR count). The van der Waals surface area contributed by atoms with Gasteiger partial charge in [0.25, 0.3) is 5.24 Å². The van der Waals surface area contributed by atoms with Crippen LogP contribution >= 0.6 is 23.4 Å². The van der Waals surface area contributed by atoms with E-state index in [-0.39, 0.29) is 16.9 Å². The number of rotatable bonds is 2. The maximum atomic E-state index is 11.3. The fourth-order valence-electron chi connectivity index (χ4n) is 1.39. The van der Waals surface area contributed by atoms with Gasteiger partial charge >= 0.3 is 0 Å². The Morgan fingerprint density at radius 1 is 1.40 bits per heavy atom. The highest BCUT2D eigenvalue weighted by Crippen LogP contribution is 2.22. The molecule has 1 aliphatic rings. The molecule has 0 aliphatic carbocycles. The fraction of sp³-hybridized carbons (Fsp3) is 0.200. The number of halogens is 1.